The predicted octanol–water partition coefficient (Wildman–Crippen LogP) is 5.41. The van der Waals surface area contributed by atoms with E-state index in [-0.39, 0.29) is 9.71 Å². The van der Waals surface area contributed by atoms with Gasteiger partial charge in [0.1, 0.15) is 10.5 Å². The second-order valence-corrected chi connectivity index (χ2v) is 8.93. The molecule has 1 amide bonds. The van der Waals surface area contributed by atoms with Crippen molar-refractivity contribution in [3.8, 4) is 0 Å². The largest absolute Gasteiger partial charge is 0.433 e. The quantitative estimate of drug-likeness (QED) is 0.583. The number of nitrogens with zero attached hydrogens (tertiary/aromatic N) is 1. The average molecular weight is 447 g/mol. The highest BCUT2D eigenvalue weighted by molar-refractivity contribution is 7.83. The van der Waals surface area contributed by atoms with Crippen molar-refractivity contribution in [2.45, 2.75) is 18.9 Å². The summed E-state index contributed by atoms with van der Waals surface area (Å²) in [5, 5.41) is 3.47. The number of aryl methyl sites for hydroxylation is 1. The van der Waals surface area contributed by atoms with Gasteiger partial charge in [-0.05, 0) is 42.3 Å². The number of carbonyl (C=O) groups excluding carboxylic acids is 1. The molecule has 148 valence electrons. The van der Waals surface area contributed by atoms with Gasteiger partial charge in [-0.15, -0.1) is 11.3 Å². The van der Waals surface area contributed by atoms with E-state index in [1.165, 1.54) is 6.07 Å². The zero-order valence-electron chi connectivity index (χ0n) is 14.7. The maximum atomic E-state index is 12.9. The normalized spacial score (nSPS) is 12.9. The van der Waals surface area contributed by atoms with Crippen molar-refractivity contribution in [1.82, 2.24) is 4.98 Å². The Kier molecular flexibility index (Phi) is 5.79. The van der Waals surface area contributed by atoms with Gasteiger partial charge in [0, 0.05) is 28.2 Å². The molecule has 3 aromatic rings. The monoisotopic (exact) mass is 446 g/mol. The SMILES string of the molecule is Cc1c(C(=O)Nc2cc(C[S@](C)=O)ccc2Cl)sc2nc(C(F)(F)F)ccc12. The van der Waals surface area contributed by atoms with Crippen molar-refractivity contribution in [2.75, 3.05) is 11.6 Å². The van der Waals surface area contributed by atoms with Gasteiger partial charge in [0.05, 0.1) is 15.6 Å². The molecule has 0 aliphatic heterocycles. The number of alkyl halides is 3. The molecule has 0 saturated heterocycles. The molecular weight excluding hydrogens is 433 g/mol. The Balaban J connectivity index is 1.94. The smallest absolute Gasteiger partial charge is 0.320 e. The first-order valence-corrected chi connectivity index (χ1v) is 10.9. The molecular formula is C18H14ClF3N2O2S2. The van der Waals surface area contributed by atoms with Gasteiger partial charge in [-0.25, -0.2) is 4.98 Å². The number of fused-ring (bicyclic) bond motifs is 1. The lowest BCUT2D eigenvalue weighted by atomic mass is 10.1. The van der Waals surface area contributed by atoms with Gasteiger partial charge < -0.3 is 5.32 Å². The first-order valence-electron chi connectivity index (χ1n) is 7.93. The van der Waals surface area contributed by atoms with Crippen LogP contribution in [-0.4, -0.2) is 21.4 Å². The van der Waals surface area contributed by atoms with Gasteiger partial charge in [-0.2, -0.15) is 13.2 Å². The fraction of sp³-hybridized carbons (Fsp3) is 0.222. The van der Waals surface area contributed by atoms with Crippen molar-refractivity contribution in [3.63, 3.8) is 0 Å². The number of anilines is 1. The average Bonchev–Trinajstić information content (AvgIpc) is 2.93. The predicted molar refractivity (Wildman–Crippen MR) is 107 cm³/mol. The van der Waals surface area contributed by atoms with Crippen LogP contribution in [0.4, 0.5) is 18.9 Å². The maximum absolute atomic E-state index is 12.9. The summed E-state index contributed by atoms with van der Waals surface area (Å²) in [4.78, 5) is 16.7. The van der Waals surface area contributed by atoms with E-state index in [1.54, 1.807) is 31.4 Å². The summed E-state index contributed by atoms with van der Waals surface area (Å²) in [6, 6.07) is 7.15. The summed E-state index contributed by atoms with van der Waals surface area (Å²) in [6.07, 6.45) is -2.99. The molecule has 4 nitrogen and oxygen atoms in total. The van der Waals surface area contributed by atoms with Crippen LogP contribution >= 0.6 is 22.9 Å². The van der Waals surface area contributed by atoms with Crippen LogP contribution in [0.2, 0.25) is 5.02 Å². The number of aromatic nitrogens is 1. The molecule has 2 heterocycles. The van der Waals surface area contributed by atoms with Crippen LogP contribution in [0.1, 0.15) is 26.5 Å². The number of carbonyl (C=O) groups is 1. The number of rotatable bonds is 4. The summed E-state index contributed by atoms with van der Waals surface area (Å²) >= 11 is 7.02. The third-order valence-corrected chi connectivity index (χ3v) is 6.22. The van der Waals surface area contributed by atoms with Gasteiger partial charge in [-0.3, -0.25) is 9.00 Å². The second-order valence-electron chi connectivity index (χ2n) is 6.09. The van der Waals surface area contributed by atoms with Gasteiger partial charge in [0.15, 0.2) is 0 Å². The third-order valence-electron chi connectivity index (χ3n) is 3.95. The van der Waals surface area contributed by atoms with E-state index in [1.807, 2.05) is 0 Å². The summed E-state index contributed by atoms with van der Waals surface area (Å²) in [5.41, 5.74) is 0.623. The molecule has 0 aliphatic carbocycles. The topological polar surface area (TPSA) is 59.1 Å². The number of halogens is 4. The van der Waals surface area contributed by atoms with Crippen molar-refractivity contribution >= 4 is 55.5 Å². The van der Waals surface area contributed by atoms with E-state index in [2.05, 4.69) is 10.3 Å². The molecule has 0 spiro atoms. The molecule has 0 saturated carbocycles. The number of nitrogens with one attached hydrogen (secondary N) is 1. The van der Waals surface area contributed by atoms with Crippen molar-refractivity contribution in [1.29, 1.82) is 0 Å². The Morgan fingerprint density at radius 1 is 1.29 bits per heavy atom. The van der Waals surface area contributed by atoms with Gasteiger partial charge >= 0.3 is 6.18 Å². The summed E-state index contributed by atoms with van der Waals surface area (Å²) < 4.78 is 50.0. The van der Waals surface area contributed by atoms with Gasteiger partial charge in [0.25, 0.3) is 5.91 Å². The Hall–Kier alpha value is -1.97. The van der Waals surface area contributed by atoms with Crippen LogP contribution in [0, 0.1) is 6.92 Å². The lowest BCUT2D eigenvalue weighted by Gasteiger charge is -2.09. The van der Waals surface area contributed by atoms with E-state index in [0.717, 1.165) is 23.0 Å². The van der Waals surface area contributed by atoms with E-state index < -0.39 is 28.6 Å². The number of amides is 1. The minimum absolute atomic E-state index is 0.138. The number of hydrogen-bond acceptors (Lipinski definition) is 4. The third kappa shape index (κ3) is 4.37. The second kappa shape index (κ2) is 7.81. The Bertz CT molecular complexity index is 1100. The van der Waals surface area contributed by atoms with Crippen molar-refractivity contribution in [3.05, 3.63) is 57.1 Å². The fourth-order valence-corrected chi connectivity index (χ4v) is 4.53. The van der Waals surface area contributed by atoms with Crippen molar-refractivity contribution < 1.29 is 22.2 Å². The molecule has 2 aromatic heterocycles. The summed E-state index contributed by atoms with van der Waals surface area (Å²) in [7, 11) is -1.06. The minimum Gasteiger partial charge on any atom is -0.320 e. The Labute approximate surface area is 170 Å². The highest BCUT2D eigenvalue weighted by Crippen LogP contribution is 2.35. The number of thiophene rings is 1. The number of hydrogen-bond donors (Lipinski definition) is 1. The van der Waals surface area contributed by atoms with E-state index in [9.17, 15) is 22.2 Å². The number of pyridine rings is 1. The van der Waals surface area contributed by atoms with Crippen LogP contribution in [0.3, 0.4) is 0 Å². The molecule has 0 fully saturated rings. The van der Waals surface area contributed by atoms with E-state index in [0.29, 0.717) is 27.4 Å². The fourth-order valence-electron chi connectivity index (χ4n) is 2.65. The molecule has 3 rings (SSSR count). The van der Waals surface area contributed by atoms with Crippen LogP contribution < -0.4 is 5.32 Å². The minimum atomic E-state index is -4.55. The molecule has 28 heavy (non-hydrogen) atoms. The van der Waals surface area contributed by atoms with Crippen LogP contribution in [0.5, 0.6) is 0 Å². The maximum Gasteiger partial charge on any atom is 0.433 e. The van der Waals surface area contributed by atoms with E-state index >= 15 is 0 Å². The standard InChI is InChI=1S/C18H14ClF3N2O2S2/c1-9-11-4-6-14(18(20,21)22)24-17(11)27-15(9)16(25)23-13-7-10(8-28(2)26)3-5-12(13)19/h3-7H,8H2,1-2H3,(H,23,25)/t28-/m0/s1. The summed E-state index contributed by atoms with van der Waals surface area (Å²) in [6.45, 7) is 1.65. The molecule has 0 radical (unpaired) electrons. The molecule has 1 N–H and O–H groups in total. The van der Waals surface area contributed by atoms with Crippen LogP contribution in [-0.2, 0) is 22.7 Å². The van der Waals surface area contributed by atoms with Gasteiger partial charge in [-0.1, -0.05) is 17.7 Å². The van der Waals surface area contributed by atoms with Gasteiger partial charge in [0.2, 0.25) is 0 Å². The lowest BCUT2D eigenvalue weighted by molar-refractivity contribution is -0.140. The number of benzene rings is 1. The highest BCUT2D eigenvalue weighted by atomic mass is 35.5. The molecule has 0 unspecified atom stereocenters. The Morgan fingerprint density at radius 2 is 2.00 bits per heavy atom. The molecule has 0 bridgehead atoms. The lowest BCUT2D eigenvalue weighted by Crippen LogP contribution is -2.12. The zero-order valence-corrected chi connectivity index (χ0v) is 17.1. The summed E-state index contributed by atoms with van der Waals surface area (Å²) in [5.74, 6) is -0.183. The molecule has 1 aromatic carbocycles. The first-order chi connectivity index (χ1) is 13.1. The highest BCUT2D eigenvalue weighted by Gasteiger charge is 2.33. The van der Waals surface area contributed by atoms with Crippen LogP contribution in [0.15, 0.2) is 30.3 Å². The molecule has 10 heteroatoms. The molecule has 1 atom stereocenters. The first kappa shape index (κ1) is 20.8. The zero-order chi connectivity index (χ0) is 20.6. The van der Waals surface area contributed by atoms with Crippen LogP contribution in [0.25, 0.3) is 10.2 Å². The molecule has 0 aliphatic rings. The van der Waals surface area contributed by atoms with Crippen molar-refractivity contribution in [2.24, 2.45) is 0 Å². The van der Waals surface area contributed by atoms with E-state index in [4.69, 9.17) is 11.6 Å². The Morgan fingerprint density at radius 3 is 2.64 bits per heavy atom.